The van der Waals surface area contributed by atoms with Gasteiger partial charge in [0.25, 0.3) is 10.1 Å². The van der Waals surface area contributed by atoms with Crippen molar-refractivity contribution in [1.29, 1.82) is 0 Å². The van der Waals surface area contributed by atoms with Crippen molar-refractivity contribution in [2.75, 3.05) is 5.73 Å². The normalized spacial score (nSPS) is 11.7. The van der Waals surface area contributed by atoms with Crippen LogP contribution >= 0.6 is 0 Å². The van der Waals surface area contributed by atoms with Crippen molar-refractivity contribution in [2.24, 2.45) is 0 Å². The van der Waals surface area contributed by atoms with Crippen LogP contribution in [0.3, 0.4) is 0 Å². The summed E-state index contributed by atoms with van der Waals surface area (Å²) in [5, 5.41) is 11.1. The zero-order valence-corrected chi connectivity index (χ0v) is 13.1. The van der Waals surface area contributed by atoms with Gasteiger partial charge in [0.2, 0.25) is 0 Å². The molecule has 4 N–H and O–H groups in total. The fourth-order valence-electron chi connectivity index (χ4n) is 2.68. The second-order valence-electron chi connectivity index (χ2n) is 5.35. The van der Waals surface area contributed by atoms with Crippen molar-refractivity contribution in [2.45, 2.75) is 11.8 Å². The first kappa shape index (κ1) is 15.3. The quantitative estimate of drug-likeness (QED) is 0.380. The summed E-state index contributed by atoms with van der Waals surface area (Å²) >= 11 is 0. The van der Waals surface area contributed by atoms with Gasteiger partial charge < -0.3 is 10.8 Å². The Hall–Kier alpha value is -2.57. The topological polar surface area (TPSA) is 101 Å². The number of benzene rings is 3. The molecule has 0 saturated heterocycles. The maximum absolute atomic E-state index is 12.0. The summed E-state index contributed by atoms with van der Waals surface area (Å²) in [5.41, 5.74) is 7.49. The van der Waals surface area contributed by atoms with Gasteiger partial charge in [0.1, 0.15) is 10.6 Å². The van der Waals surface area contributed by atoms with Crippen LogP contribution in [0.2, 0.25) is 0 Å². The van der Waals surface area contributed by atoms with Gasteiger partial charge in [0.15, 0.2) is 0 Å². The lowest BCUT2D eigenvalue weighted by Crippen LogP contribution is -2.04. The van der Waals surface area contributed by atoms with Gasteiger partial charge in [-0.15, -0.1) is 0 Å². The van der Waals surface area contributed by atoms with Gasteiger partial charge in [-0.1, -0.05) is 54.1 Å². The highest BCUT2D eigenvalue weighted by molar-refractivity contribution is 7.86. The molecule has 23 heavy (non-hydrogen) atoms. The fraction of sp³-hybridized carbons (Fsp3) is 0.0588. The zero-order chi connectivity index (χ0) is 16.8. The van der Waals surface area contributed by atoms with Crippen LogP contribution < -0.4 is 5.73 Å². The number of fused-ring (bicyclic) bond motifs is 1. The van der Waals surface area contributed by atoms with Crippen molar-refractivity contribution in [3.63, 3.8) is 0 Å². The first-order chi connectivity index (χ1) is 10.8. The highest BCUT2D eigenvalue weighted by Gasteiger charge is 2.26. The van der Waals surface area contributed by atoms with Crippen LogP contribution in [0, 0.1) is 6.92 Å². The Morgan fingerprint density at radius 2 is 1.52 bits per heavy atom. The third-order valence-electron chi connectivity index (χ3n) is 3.78. The predicted octanol–water partition coefficient (Wildman–Crippen LogP) is 3.35. The average molecular weight is 329 g/mol. The zero-order valence-electron chi connectivity index (χ0n) is 12.3. The average Bonchev–Trinajstić information content (AvgIpc) is 2.50. The summed E-state index contributed by atoms with van der Waals surface area (Å²) in [6.45, 7) is 1.89. The van der Waals surface area contributed by atoms with E-state index in [1.54, 1.807) is 48.5 Å². The molecule has 0 aliphatic rings. The predicted molar refractivity (Wildman–Crippen MR) is 90.0 cm³/mol. The van der Waals surface area contributed by atoms with E-state index in [2.05, 4.69) is 0 Å². The van der Waals surface area contributed by atoms with E-state index in [9.17, 15) is 18.1 Å². The van der Waals surface area contributed by atoms with E-state index in [-0.39, 0.29) is 27.3 Å². The molecule has 3 aromatic carbocycles. The standard InChI is InChI=1S/C17H15NO4S/c1-10-6-8-11(9-7-10)14-16(19)15(18)12-4-2-3-5-13(12)17(14)23(20,21)22/h2-9,19H,18H2,1H3,(H,20,21,22). The molecule has 0 atom stereocenters. The van der Waals surface area contributed by atoms with Crippen molar-refractivity contribution in [3.8, 4) is 16.9 Å². The summed E-state index contributed by atoms with van der Waals surface area (Å²) in [6, 6.07) is 13.4. The number of aryl methyl sites for hydroxylation is 1. The number of nitrogens with two attached hydrogens (primary N) is 1. The maximum Gasteiger partial charge on any atom is 0.295 e. The third kappa shape index (κ3) is 2.52. The molecule has 0 unspecified atom stereocenters. The molecule has 0 amide bonds. The fourth-order valence-corrected chi connectivity index (χ4v) is 3.60. The molecule has 5 nitrogen and oxygen atoms in total. The van der Waals surface area contributed by atoms with Crippen molar-refractivity contribution in [3.05, 3.63) is 54.1 Å². The number of rotatable bonds is 2. The minimum Gasteiger partial charge on any atom is -0.505 e. The van der Waals surface area contributed by atoms with Crippen LogP contribution in [-0.2, 0) is 10.1 Å². The van der Waals surface area contributed by atoms with E-state index < -0.39 is 10.1 Å². The van der Waals surface area contributed by atoms with Gasteiger partial charge in [0.05, 0.1) is 5.69 Å². The Bertz CT molecular complexity index is 1010. The molecule has 0 aliphatic carbocycles. The Morgan fingerprint density at radius 3 is 2.09 bits per heavy atom. The number of phenols is 1. The SMILES string of the molecule is Cc1ccc(-c2c(O)c(N)c3ccccc3c2S(=O)(=O)O)cc1. The highest BCUT2D eigenvalue weighted by atomic mass is 32.2. The summed E-state index contributed by atoms with van der Waals surface area (Å²) in [5.74, 6) is -0.361. The summed E-state index contributed by atoms with van der Waals surface area (Å²) in [6.07, 6.45) is 0. The monoisotopic (exact) mass is 329 g/mol. The molecule has 3 aromatic rings. The molecule has 3 rings (SSSR count). The van der Waals surface area contributed by atoms with Gasteiger partial charge in [-0.3, -0.25) is 4.55 Å². The lowest BCUT2D eigenvalue weighted by molar-refractivity contribution is 0.472. The smallest absolute Gasteiger partial charge is 0.295 e. The van der Waals surface area contributed by atoms with E-state index in [1.807, 2.05) is 6.92 Å². The number of hydrogen-bond acceptors (Lipinski definition) is 4. The maximum atomic E-state index is 12.0. The minimum absolute atomic E-state index is 0.00343. The number of hydrogen-bond donors (Lipinski definition) is 3. The Morgan fingerprint density at radius 1 is 0.957 bits per heavy atom. The Kier molecular flexibility index (Phi) is 3.50. The van der Waals surface area contributed by atoms with E-state index in [4.69, 9.17) is 5.73 Å². The van der Waals surface area contributed by atoms with Gasteiger partial charge in [-0.05, 0) is 12.5 Å². The first-order valence-electron chi connectivity index (χ1n) is 6.88. The largest absolute Gasteiger partial charge is 0.505 e. The second kappa shape index (κ2) is 5.26. The van der Waals surface area contributed by atoms with E-state index in [0.717, 1.165) is 5.56 Å². The van der Waals surface area contributed by atoms with Crippen LogP contribution in [0.15, 0.2) is 53.4 Å². The molecular weight excluding hydrogens is 314 g/mol. The van der Waals surface area contributed by atoms with Crippen molar-refractivity contribution in [1.82, 2.24) is 0 Å². The molecule has 0 fully saturated rings. The summed E-state index contributed by atoms with van der Waals surface area (Å²) in [7, 11) is -4.57. The first-order valence-corrected chi connectivity index (χ1v) is 8.32. The molecule has 0 spiro atoms. The van der Waals surface area contributed by atoms with Gasteiger partial charge in [0, 0.05) is 16.3 Å². The molecule has 0 aliphatic heterocycles. The number of aromatic hydroxyl groups is 1. The number of anilines is 1. The molecule has 6 heteroatoms. The van der Waals surface area contributed by atoms with Gasteiger partial charge in [-0.2, -0.15) is 8.42 Å². The molecule has 0 bridgehead atoms. The molecule has 118 valence electrons. The van der Waals surface area contributed by atoms with Crippen LogP contribution in [-0.4, -0.2) is 18.1 Å². The Labute approximate surface area is 133 Å². The van der Waals surface area contributed by atoms with Gasteiger partial charge >= 0.3 is 0 Å². The van der Waals surface area contributed by atoms with E-state index in [0.29, 0.717) is 10.9 Å². The lowest BCUT2D eigenvalue weighted by Gasteiger charge is -2.16. The number of nitrogen functional groups attached to an aromatic ring is 1. The molecule has 0 saturated carbocycles. The van der Waals surface area contributed by atoms with Crippen molar-refractivity contribution >= 4 is 26.6 Å². The molecule has 0 heterocycles. The Balaban J connectivity index is 2.55. The third-order valence-corrected chi connectivity index (χ3v) is 4.72. The lowest BCUT2D eigenvalue weighted by atomic mass is 9.97. The highest BCUT2D eigenvalue weighted by Crippen LogP contribution is 2.45. The minimum atomic E-state index is -4.57. The molecule has 0 aromatic heterocycles. The van der Waals surface area contributed by atoms with Gasteiger partial charge in [-0.25, -0.2) is 0 Å². The molecule has 0 radical (unpaired) electrons. The number of phenolic OH excluding ortho intramolecular Hbond substituents is 1. The second-order valence-corrected chi connectivity index (χ2v) is 6.71. The van der Waals surface area contributed by atoms with Crippen molar-refractivity contribution < 1.29 is 18.1 Å². The molecular formula is C17H15NO4S. The van der Waals surface area contributed by atoms with E-state index >= 15 is 0 Å². The van der Waals surface area contributed by atoms with Crippen LogP contribution in [0.1, 0.15) is 5.56 Å². The summed E-state index contributed by atoms with van der Waals surface area (Å²) in [4.78, 5) is -0.344. The van der Waals surface area contributed by atoms with Crippen LogP contribution in [0.5, 0.6) is 5.75 Å². The summed E-state index contributed by atoms with van der Waals surface area (Å²) < 4.78 is 33.7. The van der Waals surface area contributed by atoms with Crippen LogP contribution in [0.4, 0.5) is 5.69 Å². The van der Waals surface area contributed by atoms with E-state index in [1.165, 1.54) is 0 Å². The van der Waals surface area contributed by atoms with Crippen LogP contribution in [0.25, 0.3) is 21.9 Å².